The lowest BCUT2D eigenvalue weighted by atomic mass is 10.1. The fraction of sp³-hybridized carbons (Fsp3) is 0.185. The van der Waals surface area contributed by atoms with Crippen molar-refractivity contribution in [3.63, 3.8) is 0 Å². The molecule has 2 amide bonds. The van der Waals surface area contributed by atoms with E-state index in [1.54, 1.807) is 0 Å². The van der Waals surface area contributed by atoms with Gasteiger partial charge < -0.3 is 15.2 Å². The molecule has 0 saturated carbocycles. The first kappa shape index (κ1) is 25.4. The minimum atomic E-state index is -4.51. The fourth-order valence-corrected chi connectivity index (χ4v) is 4.65. The Morgan fingerprint density at radius 3 is 2.42 bits per heavy atom. The standard InChI is InChI=1S/C27H24F3N3O2S/c28-27(29,30)21-10-6-9-20(15-21)26(35)31-13-14-33-17-24(22-11-4-5-12-23(22)33)36-18-25(34)32-16-19-7-2-1-3-8-19/h1-12,15,17H,13-14,16,18H2,(H,31,35)(H,32,34). The molecule has 9 heteroatoms. The summed E-state index contributed by atoms with van der Waals surface area (Å²) in [5.74, 6) is -0.385. The van der Waals surface area contributed by atoms with Crippen LogP contribution < -0.4 is 10.6 Å². The Bertz CT molecular complexity index is 1350. The lowest BCUT2D eigenvalue weighted by Crippen LogP contribution is -2.27. The summed E-state index contributed by atoms with van der Waals surface area (Å²) in [7, 11) is 0. The Hall–Kier alpha value is -3.72. The Morgan fingerprint density at radius 1 is 0.889 bits per heavy atom. The molecule has 0 atom stereocenters. The summed E-state index contributed by atoms with van der Waals surface area (Å²) in [6.07, 6.45) is -2.58. The van der Waals surface area contributed by atoms with Crippen LogP contribution in [0, 0.1) is 0 Å². The molecule has 0 bridgehead atoms. The van der Waals surface area contributed by atoms with E-state index in [9.17, 15) is 22.8 Å². The predicted octanol–water partition coefficient (Wildman–Crippen LogP) is 5.50. The number of thioether (sulfide) groups is 1. The summed E-state index contributed by atoms with van der Waals surface area (Å²) >= 11 is 1.43. The number of aromatic nitrogens is 1. The third kappa shape index (κ3) is 6.48. The highest BCUT2D eigenvalue weighted by molar-refractivity contribution is 8.00. The molecule has 36 heavy (non-hydrogen) atoms. The fourth-order valence-electron chi connectivity index (χ4n) is 3.73. The molecule has 2 N–H and O–H groups in total. The summed E-state index contributed by atoms with van der Waals surface area (Å²) < 4.78 is 40.7. The van der Waals surface area contributed by atoms with Gasteiger partial charge in [0.1, 0.15) is 0 Å². The lowest BCUT2D eigenvalue weighted by molar-refractivity contribution is -0.137. The second-order valence-corrected chi connectivity index (χ2v) is 9.11. The number of fused-ring (bicyclic) bond motifs is 1. The van der Waals surface area contributed by atoms with E-state index in [2.05, 4.69) is 10.6 Å². The number of hydrogen-bond donors (Lipinski definition) is 2. The minimum Gasteiger partial charge on any atom is -0.351 e. The number of nitrogens with one attached hydrogen (secondary N) is 2. The zero-order valence-electron chi connectivity index (χ0n) is 19.2. The number of carbonyl (C=O) groups excluding carboxylic acids is 2. The van der Waals surface area contributed by atoms with Crippen LogP contribution in [-0.2, 0) is 24.1 Å². The minimum absolute atomic E-state index is 0.0417. The topological polar surface area (TPSA) is 63.1 Å². The highest BCUT2D eigenvalue weighted by atomic mass is 32.2. The van der Waals surface area contributed by atoms with Gasteiger partial charge in [0.05, 0.1) is 11.3 Å². The molecular weight excluding hydrogens is 487 g/mol. The summed E-state index contributed by atoms with van der Waals surface area (Å²) in [5.41, 5.74) is 1.07. The lowest BCUT2D eigenvalue weighted by Gasteiger charge is -2.10. The van der Waals surface area contributed by atoms with Crippen molar-refractivity contribution in [2.24, 2.45) is 0 Å². The first-order valence-electron chi connectivity index (χ1n) is 11.3. The molecule has 0 spiro atoms. The molecule has 0 saturated heterocycles. The number of amides is 2. The Morgan fingerprint density at radius 2 is 1.64 bits per heavy atom. The maximum absolute atomic E-state index is 12.9. The molecule has 1 heterocycles. The molecule has 5 nitrogen and oxygen atoms in total. The molecular formula is C27H24F3N3O2S. The SMILES string of the molecule is O=C(CSc1cn(CCNC(=O)c2cccc(C(F)(F)F)c2)c2ccccc12)NCc1ccccc1. The maximum Gasteiger partial charge on any atom is 0.416 e. The monoisotopic (exact) mass is 511 g/mol. The van der Waals surface area contributed by atoms with Gasteiger partial charge in [0.15, 0.2) is 0 Å². The van der Waals surface area contributed by atoms with Gasteiger partial charge in [-0.25, -0.2) is 0 Å². The van der Waals surface area contributed by atoms with Gasteiger partial charge in [0, 0.05) is 47.2 Å². The van der Waals surface area contributed by atoms with Crippen LogP contribution in [-0.4, -0.2) is 28.7 Å². The van der Waals surface area contributed by atoms with Gasteiger partial charge in [0.25, 0.3) is 5.91 Å². The van der Waals surface area contributed by atoms with Crippen molar-refractivity contribution in [3.05, 3.63) is 102 Å². The van der Waals surface area contributed by atoms with E-state index < -0.39 is 17.6 Å². The van der Waals surface area contributed by atoms with E-state index in [1.165, 1.54) is 23.9 Å². The predicted molar refractivity (Wildman–Crippen MR) is 135 cm³/mol. The van der Waals surface area contributed by atoms with Crippen molar-refractivity contribution in [2.75, 3.05) is 12.3 Å². The quantitative estimate of drug-likeness (QED) is 0.292. The summed E-state index contributed by atoms with van der Waals surface area (Å²) in [6, 6.07) is 21.8. The van der Waals surface area contributed by atoms with Crippen LogP contribution in [0.5, 0.6) is 0 Å². The van der Waals surface area contributed by atoms with E-state index >= 15 is 0 Å². The number of nitrogens with zero attached hydrogens (tertiary/aromatic N) is 1. The van der Waals surface area contributed by atoms with E-state index in [0.29, 0.717) is 13.1 Å². The van der Waals surface area contributed by atoms with Crippen LogP contribution in [0.15, 0.2) is 90.0 Å². The van der Waals surface area contributed by atoms with Crippen molar-refractivity contribution < 1.29 is 22.8 Å². The molecule has 1 aromatic heterocycles. The van der Waals surface area contributed by atoms with E-state index in [-0.39, 0.29) is 23.8 Å². The number of alkyl halides is 3. The van der Waals surface area contributed by atoms with E-state index in [1.807, 2.05) is 65.4 Å². The first-order chi connectivity index (χ1) is 17.3. The van der Waals surface area contributed by atoms with Crippen LogP contribution >= 0.6 is 11.8 Å². The van der Waals surface area contributed by atoms with E-state index in [4.69, 9.17) is 0 Å². The molecule has 0 unspecified atom stereocenters. The zero-order chi connectivity index (χ0) is 25.5. The van der Waals surface area contributed by atoms with Gasteiger partial charge in [-0.1, -0.05) is 54.6 Å². The average Bonchev–Trinajstić information content (AvgIpc) is 3.24. The molecule has 0 aliphatic heterocycles. The van der Waals surface area contributed by atoms with Gasteiger partial charge in [0.2, 0.25) is 5.91 Å². The molecule has 0 fully saturated rings. The van der Waals surface area contributed by atoms with Crippen molar-refractivity contribution in [2.45, 2.75) is 24.2 Å². The molecule has 0 radical (unpaired) electrons. The third-order valence-electron chi connectivity index (χ3n) is 5.53. The van der Waals surface area contributed by atoms with Crippen LogP contribution in [0.4, 0.5) is 13.2 Å². The Balaban J connectivity index is 1.35. The van der Waals surface area contributed by atoms with E-state index in [0.717, 1.165) is 33.5 Å². The molecule has 4 rings (SSSR count). The highest BCUT2D eigenvalue weighted by Crippen LogP contribution is 2.30. The van der Waals surface area contributed by atoms with Crippen LogP contribution in [0.25, 0.3) is 10.9 Å². The molecule has 0 aliphatic rings. The number of hydrogen-bond acceptors (Lipinski definition) is 3. The molecule has 3 aromatic carbocycles. The molecule has 186 valence electrons. The summed E-state index contributed by atoms with van der Waals surface area (Å²) in [4.78, 5) is 25.7. The number of rotatable bonds is 9. The number of para-hydroxylation sites is 1. The van der Waals surface area contributed by atoms with Gasteiger partial charge in [-0.2, -0.15) is 13.2 Å². The van der Waals surface area contributed by atoms with Gasteiger partial charge in [-0.15, -0.1) is 11.8 Å². The first-order valence-corrected chi connectivity index (χ1v) is 12.3. The largest absolute Gasteiger partial charge is 0.416 e. The average molecular weight is 512 g/mol. The van der Waals surface area contributed by atoms with Crippen LogP contribution in [0.3, 0.4) is 0 Å². The smallest absolute Gasteiger partial charge is 0.351 e. The zero-order valence-corrected chi connectivity index (χ0v) is 20.0. The third-order valence-corrected chi connectivity index (χ3v) is 6.58. The Kier molecular flexibility index (Phi) is 8.00. The number of carbonyl (C=O) groups is 2. The van der Waals surface area contributed by atoms with Crippen LogP contribution in [0.2, 0.25) is 0 Å². The normalized spacial score (nSPS) is 11.4. The Labute approximate surface area is 210 Å². The van der Waals surface area contributed by atoms with Crippen molar-refractivity contribution in [3.8, 4) is 0 Å². The number of halogens is 3. The summed E-state index contributed by atoms with van der Waals surface area (Å²) in [5, 5.41) is 6.59. The second kappa shape index (κ2) is 11.3. The van der Waals surface area contributed by atoms with Crippen molar-refractivity contribution in [1.82, 2.24) is 15.2 Å². The van der Waals surface area contributed by atoms with Gasteiger partial charge in [-0.3, -0.25) is 9.59 Å². The van der Waals surface area contributed by atoms with Gasteiger partial charge >= 0.3 is 6.18 Å². The van der Waals surface area contributed by atoms with Crippen LogP contribution in [0.1, 0.15) is 21.5 Å². The second-order valence-electron chi connectivity index (χ2n) is 8.09. The highest BCUT2D eigenvalue weighted by Gasteiger charge is 2.30. The molecule has 0 aliphatic carbocycles. The van der Waals surface area contributed by atoms with Crippen molar-refractivity contribution >= 4 is 34.5 Å². The van der Waals surface area contributed by atoms with Gasteiger partial charge in [-0.05, 0) is 29.8 Å². The van der Waals surface area contributed by atoms with Crippen molar-refractivity contribution in [1.29, 1.82) is 0 Å². The maximum atomic E-state index is 12.9. The summed E-state index contributed by atoms with van der Waals surface area (Å²) in [6.45, 7) is 1.12. The number of benzene rings is 3. The molecule has 4 aromatic rings.